The molecule has 0 aliphatic rings. The highest BCUT2D eigenvalue weighted by molar-refractivity contribution is 5.01. The summed E-state index contributed by atoms with van der Waals surface area (Å²) in [6, 6.07) is 0. The molecule has 96 valence electrons. The predicted octanol–water partition coefficient (Wildman–Crippen LogP) is 4.85. The van der Waals surface area contributed by atoms with Crippen LogP contribution in [0.15, 0.2) is 11.6 Å². The summed E-state index contributed by atoms with van der Waals surface area (Å²) >= 11 is 0. The second-order valence-electron chi connectivity index (χ2n) is 4.64. The van der Waals surface area contributed by atoms with E-state index in [1.165, 1.54) is 63.4 Å². The molecule has 0 unspecified atom stereocenters. The lowest BCUT2D eigenvalue weighted by Crippen LogP contribution is -1.90. The van der Waals surface area contributed by atoms with E-state index in [2.05, 4.69) is 19.9 Å². The highest BCUT2D eigenvalue weighted by Gasteiger charge is 1.97. The third-order valence-corrected chi connectivity index (χ3v) is 3.01. The first-order valence-electron chi connectivity index (χ1n) is 7.13. The Balaban J connectivity index is 3.51. The van der Waals surface area contributed by atoms with Gasteiger partial charge in [0.05, 0.1) is 0 Å². The molecule has 0 saturated heterocycles. The summed E-state index contributed by atoms with van der Waals surface area (Å²) in [5.41, 5.74) is 1.47. The van der Waals surface area contributed by atoms with Gasteiger partial charge >= 0.3 is 0 Å². The van der Waals surface area contributed by atoms with Crippen LogP contribution in [0.3, 0.4) is 0 Å². The first kappa shape index (κ1) is 15.7. The van der Waals surface area contributed by atoms with E-state index < -0.39 is 0 Å². The fourth-order valence-electron chi connectivity index (χ4n) is 1.95. The summed E-state index contributed by atoms with van der Waals surface area (Å²) in [6.45, 7) is 4.77. The molecule has 0 radical (unpaired) electrons. The maximum absolute atomic E-state index is 8.97. The Kier molecular flexibility index (Phi) is 12.5. The van der Waals surface area contributed by atoms with Crippen LogP contribution in [0.25, 0.3) is 0 Å². The van der Waals surface area contributed by atoms with Gasteiger partial charge in [0.15, 0.2) is 0 Å². The SMILES string of the molecule is CCCC=C(CCO)CCCCCCCC. The Hall–Kier alpha value is -0.300. The van der Waals surface area contributed by atoms with E-state index >= 15 is 0 Å². The molecule has 0 fully saturated rings. The highest BCUT2D eigenvalue weighted by Crippen LogP contribution is 2.15. The zero-order valence-electron chi connectivity index (χ0n) is 11.3. The van der Waals surface area contributed by atoms with Gasteiger partial charge in [-0.3, -0.25) is 0 Å². The van der Waals surface area contributed by atoms with Gasteiger partial charge in [-0.15, -0.1) is 0 Å². The zero-order chi connectivity index (χ0) is 12.1. The summed E-state index contributed by atoms with van der Waals surface area (Å²) in [6.07, 6.45) is 15.0. The van der Waals surface area contributed by atoms with Crippen LogP contribution in [0.1, 0.15) is 78.1 Å². The van der Waals surface area contributed by atoms with Crippen molar-refractivity contribution in [3.8, 4) is 0 Å². The summed E-state index contributed by atoms with van der Waals surface area (Å²) < 4.78 is 0. The molecule has 0 aromatic rings. The van der Waals surface area contributed by atoms with Crippen molar-refractivity contribution >= 4 is 0 Å². The maximum atomic E-state index is 8.97. The maximum Gasteiger partial charge on any atom is 0.0468 e. The Morgan fingerprint density at radius 1 is 0.875 bits per heavy atom. The minimum atomic E-state index is 0.311. The second-order valence-corrected chi connectivity index (χ2v) is 4.64. The van der Waals surface area contributed by atoms with E-state index in [-0.39, 0.29) is 0 Å². The molecular weight excluding hydrogens is 196 g/mol. The van der Waals surface area contributed by atoms with E-state index in [0.29, 0.717) is 6.61 Å². The van der Waals surface area contributed by atoms with Crippen LogP contribution in [-0.2, 0) is 0 Å². The Labute approximate surface area is 102 Å². The van der Waals surface area contributed by atoms with Gasteiger partial charge in [-0.2, -0.15) is 0 Å². The molecule has 0 saturated carbocycles. The average Bonchev–Trinajstić information content (AvgIpc) is 2.30. The molecule has 0 atom stereocenters. The fraction of sp³-hybridized carbons (Fsp3) is 0.867. The molecule has 0 heterocycles. The molecule has 0 aromatic carbocycles. The number of hydrogen-bond acceptors (Lipinski definition) is 1. The van der Waals surface area contributed by atoms with Crippen molar-refractivity contribution in [2.24, 2.45) is 0 Å². The van der Waals surface area contributed by atoms with Crippen LogP contribution in [0.4, 0.5) is 0 Å². The molecular formula is C15H30O. The monoisotopic (exact) mass is 226 g/mol. The highest BCUT2D eigenvalue weighted by atomic mass is 16.2. The van der Waals surface area contributed by atoms with Crippen molar-refractivity contribution in [1.82, 2.24) is 0 Å². The van der Waals surface area contributed by atoms with Crippen molar-refractivity contribution in [2.45, 2.75) is 78.1 Å². The molecule has 0 aliphatic heterocycles. The van der Waals surface area contributed by atoms with Gasteiger partial charge in [0, 0.05) is 6.61 Å². The van der Waals surface area contributed by atoms with Gasteiger partial charge in [0.1, 0.15) is 0 Å². The summed E-state index contributed by atoms with van der Waals surface area (Å²) in [5.74, 6) is 0. The zero-order valence-corrected chi connectivity index (χ0v) is 11.3. The van der Waals surface area contributed by atoms with Crippen LogP contribution in [-0.4, -0.2) is 11.7 Å². The summed E-state index contributed by atoms with van der Waals surface area (Å²) in [4.78, 5) is 0. The number of aliphatic hydroxyl groups excluding tert-OH is 1. The quantitative estimate of drug-likeness (QED) is 0.394. The van der Waals surface area contributed by atoms with Gasteiger partial charge in [-0.05, 0) is 25.7 Å². The lowest BCUT2D eigenvalue weighted by Gasteiger charge is -2.06. The van der Waals surface area contributed by atoms with Crippen molar-refractivity contribution in [2.75, 3.05) is 6.61 Å². The molecule has 0 bridgehead atoms. The van der Waals surface area contributed by atoms with Crippen molar-refractivity contribution in [3.63, 3.8) is 0 Å². The predicted molar refractivity (Wildman–Crippen MR) is 72.7 cm³/mol. The molecule has 1 nitrogen and oxygen atoms in total. The normalized spacial score (nSPS) is 12.1. The van der Waals surface area contributed by atoms with E-state index in [9.17, 15) is 0 Å². The van der Waals surface area contributed by atoms with Gasteiger partial charge in [-0.25, -0.2) is 0 Å². The van der Waals surface area contributed by atoms with E-state index in [0.717, 1.165) is 6.42 Å². The third-order valence-electron chi connectivity index (χ3n) is 3.01. The Morgan fingerprint density at radius 2 is 1.56 bits per heavy atom. The fourth-order valence-corrected chi connectivity index (χ4v) is 1.95. The molecule has 16 heavy (non-hydrogen) atoms. The topological polar surface area (TPSA) is 20.2 Å². The van der Waals surface area contributed by atoms with Crippen molar-refractivity contribution < 1.29 is 5.11 Å². The van der Waals surface area contributed by atoms with Gasteiger partial charge in [0.25, 0.3) is 0 Å². The Morgan fingerprint density at radius 3 is 2.19 bits per heavy atom. The number of unbranched alkanes of at least 4 members (excludes halogenated alkanes) is 6. The molecule has 0 aliphatic carbocycles. The lowest BCUT2D eigenvalue weighted by molar-refractivity contribution is 0.297. The van der Waals surface area contributed by atoms with Gasteiger partial charge in [0.2, 0.25) is 0 Å². The minimum absolute atomic E-state index is 0.311. The van der Waals surface area contributed by atoms with Crippen LogP contribution >= 0.6 is 0 Å². The van der Waals surface area contributed by atoms with E-state index in [1.807, 2.05) is 0 Å². The van der Waals surface area contributed by atoms with Crippen molar-refractivity contribution in [1.29, 1.82) is 0 Å². The minimum Gasteiger partial charge on any atom is -0.396 e. The molecule has 0 amide bonds. The van der Waals surface area contributed by atoms with Gasteiger partial charge < -0.3 is 5.11 Å². The first-order chi connectivity index (χ1) is 7.85. The molecule has 0 aromatic heterocycles. The molecule has 1 heteroatoms. The number of rotatable bonds is 11. The van der Waals surface area contributed by atoms with Crippen LogP contribution in [0, 0.1) is 0 Å². The second kappa shape index (κ2) is 12.8. The van der Waals surface area contributed by atoms with Crippen LogP contribution in [0.5, 0.6) is 0 Å². The third kappa shape index (κ3) is 10.2. The van der Waals surface area contributed by atoms with Gasteiger partial charge in [-0.1, -0.05) is 64.0 Å². The lowest BCUT2D eigenvalue weighted by atomic mass is 10.0. The largest absolute Gasteiger partial charge is 0.396 e. The number of allylic oxidation sites excluding steroid dienone is 1. The summed E-state index contributed by atoms with van der Waals surface area (Å²) in [7, 11) is 0. The number of aliphatic hydroxyl groups is 1. The molecule has 1 N–H and O–H groups in total. The number of hydrogen-bond donors (Lipinski definition) is 1. The molecule has 0 spiro atoms. The van der Waals surface area contributed by atoms with E-state index in [1.54, 1.807) is 0 Å². The van der Waals surface area contributed by atoms with Crippen molar-refractivity contribution in [3.05, 3.63) is 11.6 Å². The van der Waals surface area contributed by atoms with E-state index in [4.69, 9.17) is 5.11 Å². The first-order valence-corrected chi connectivity index (χ1v) is 7.13. The smallest absolute Gasteiger partial charge is 0.0468 e. The van der Waals surface area contributed by atoms with Crippen LogP contribution < -0.4 is 0 Å². The Bertz CT molecular complexity index is 161. The van der Waals surface area contributed by atoms with Crippen LogP contribution in [0.2, 0.25) is 0 Å². The standard InChI is InChI=1S/C15H30O/c1-3-5-7-8-9-10-12-15(13-14-16)11-6-4-2/h11,16H,3-10,12-14H2,1-2H3. The molecule has 0 rings (SSSR count). The summed E-state index contributed by atoms with van der Waals surface area (Å²) in [5, 5.41) is 8.97. The average molecular weight is 226 g/mol.